The molecule has 0 aliphatic carbocycles. The molecule has 0 atom stereocenters. The first-order valence-corrected chi connectivity index (χ1v) is 10.5. The highest BCUT2D eigenvalue weighted by molar-refractivity contribution is 5.58. The summed E-state index contributed by atoms with van der Waals surface area (Å²) in [5.74, 6) is 0. The summed E-state index contributed by atoms with van der Waals surface area (Å²) in [6.45, 7) is 17.7. The first-order chi connectivity index (χ1) is 13.2. The van der Waals surface area contributed by atoms with Gasteiger partial charge in [-0.1, -0.05) is 96.2 Å². The summed E-state index contributed by atoms with van der Waals surface area (Å²) >= 11 is 0. The lowest BCUT2D eigenvalue weighted by molar-refractivity contribution is -0.107. The molecule has 27 heavy (non-hydrogen) atoms. The van der Waals surface area contributed by atoms with E-state index in [0.717, 1.165) is 37.9 Å². The molecule has 0 N–H and O–H groups in total. The van der Waals surface area contributed by atoms with Crippen LogP contribution < -0.4 is 0 Å². The van der Waals surface area contributed by atoms with Gasteiger partial charge in [0.15, 0.2) is 0 Å². The summed E-state index contributed by atoms with van der Waals surface area (Å²) in [5, 5.41) is 0. The van der Waals surface area contributed by atoms with Gasteiger partial charge >= 0.3 is 0 Å². The highest BCUT2D eigenvalue weighted by Crippen LogP contribution is 2.09. The molecule has 1 rings (SSSR count). The van der Waals surface area contributed by atoms with Gasteiger partial charge in [0.25, 0.3) is 0 Å². The first-order valence-electron chi connectivity index (χ1n) is 10.5. The molecule has 152 valence electrons. The van der Waals surface area contributed by atoms with Crippen molar-refractivity contribution in [2.75, 3.05) is 19.6 Å². The molecule has 2 nitrogen and oxygen atoms in total. The van der Waals surface area contributed by atoms with Crippen LogP contribution in [0.2, 0.25) is 0 Å². The number of aldehydes is 1. The lowest BCUT2D eigenvalue weighted by Gasteiger charge is -2.17. The van der Waals surface area contributed by atoms with Crippen LogP contribution in [0, 0.1) is 0 Å². The van der Waals surface area contributed by atoms with E-state index in [4.69, 9.17) is 0 Å². The summed E-state index contributed by atoms with van der Waals surface area (Å²) in [7, 11) is 0. The maximum atomic E-state index is 10.6. The Morgan fingerprint density at radius 2 is 1.59 bits per heavy atom. The highest BCUT2D eigenvalue weighted by Gasteiger charge is 1.99. The van der Waals surface area contributed by atoms with Gasteiger partial charge in [0, 0.05) is 13.0 Å². The van der Waals surface area contributed by atoms with E-state index in [1.807, 2.05) is 58.9 Å². The van der Waals surface area contributed by atoms with Gasteiger partial charge in [0.1, 0.15) is 6.29 Å². The summed E-state index contributed by atoms with van der Waals surface area (Å²) in [6.07, 6.45) is 12.5. The van der Waals surface area contributed by atoms with Crippen LogP contribution >= 0.6 is 0 Å². The predicted octanol–water partition coefficient (Wildman–Crippen LogP) is 6.73. The maximum absolute atomic E-state index is 10.6. The van der Waals surface area contributed by atoms with Crippen LogP contribution in [0.25, 0.3) is 6.08 Å². The number of benzene rings is 1. The quantitative estimate of drug-likeness (QED) is 0.336. The predicted molar refractivity (Wildman–Crippen MR) is 123 cm³/mol. The molecule has 0 saturated carbocycles. The highest BCUT2D eigenvalue weighted by atomic mass is 16.1. The zero-order valence-corrected chi connectivity index (χ0v) is 18.7. The van der Waals surface area contributed by atoms with Gasteiger partial charge in [-0.3, -0.25) is 0 Å². The summed E-state index contributed by atoms with van der Waals surface area (Å²) in [5.41, 5.74) is 3.58. The molecule has 1 aromatic carbocycles. The van der Waals surface area contributed by atoms with Crippen molar-refractivity contribution in [3.8, 4) is 0 Å². The number of nitrogens with zero attached hydrogens (tertiary/aromatic N) is 1. The fourth-order valence-electron chi connectivity index (χ4n) is 2.41. The minimum atomic E-state index is 0.457. The topological polar surface area (TPSA) is 20.3 Å². The van der Waals surface area contributed by atoms with Crippen molar-refractivity contribution in [1.29, 1.82) is 0 Å². The Hall–Kier alpha value is -1.93. The fourth-order valence-corrected chi connectivity index (χ4v) is 2.41. The number of likely N-dealkylation sites (N-methyl/N-ethyl adjacent to an activating group) is 1. The molecule has 0 aromatic heterocycles. The van der Waals surface area contributed by atoms with Gasteiger partial charge < -0.3 is 9.69 Å². The van der Waals surface area contributed by atoms with E-state index in [1.165, 1.54) is 11.1 Å². The van der Waals surface area contributed by atoms with Crippen LogP contribution in [-0.2, 0) is 11.2 Å². The van der Waals surface area contributed by atoms with Crippen LogP contribution in [0.1, 0.15) is 66.0 Å². The van der Waals surface area contributed by atoms with Gasteiger partial charge in [-0.05, 0) is 43.1 Å². The molecular formula is C25H41NO. The van der Waals surface area contributed by atoms with Crippen molar-refractivity contribution in [2.45, 2.75) is 61.3 Å². The zero-order chi connectivity index (χ0) is 20.9. The first kappa shape index (κ1) is 27.3. The minimum absolute atomic E-state index is 0.457. The van der Waals surface area contributed by atoms with Crippen LogP contribution in [0.3, 0.4) is 0 Å². The Morgan fingerprint density at radius 3 is 2.07 bits per heavy atom. The summed E-state index contributed by atoms with van der Waals surface area (Å²) < 4.78 is 0. The van der Waals surface area contributed by atoms with Crippen molar-refractivity contribution in [2.24, 2.45) is 0 Å². The van der Waals surface area contributed by atoms with Crippen molar-refractivity contribution in [1.82, 2.24) is 4.90 Å². The molecule has 0 amide bonds. The van der Waals surface area contributed by atoms with Crippen molar-refractivity contribution >= 4 is 12.4 Å². The molecule has 0 fully saturated rings. The molecule has 0 radical (unpaired) electrons. The van der Waals surface area contributed by atoms with Crippen LogP contribution in [0.5, 0.6) is 0 Å². The smallest absolute Gasteiger partial charge is 0.124 e. The molecule has 0 aliphatic rings. The van der Waals surface area contributed by atoms with Gasteiger partial charge in [0.2, 0.25) is 0 Å². The normalized spacial score (nSPS) is 11.2. The standard InChI is InChI=1S/C21H29NO.2C2H6/c1-4-8-19(16-18-23)9-7-10-20-11-13-21(14-12-20)15-17-22(5-2)6-3;2*1-2/h4,7-14,18H,5-6,15-17H2,1-3H3;2*1-2H3/b8-4-,10-7+,19-9+;;. The largest absolute Gasteiger partial charge is 0.304 e. The summed E-state index contributed by atoms with van der Waals surface area (Å²) in [6, 6.07) is 8.70. The lowest BCUT2D eigenvalue weighted by atomic mass is 10.1. The van der Waals surface area contributed by atoms with Crippen molar-refractivity contribution in [3.05, 3.63) is 65.3 Å². The monoisotopic (exact) mass is 371 g/mol. The van der Waals surface area contributed by atoms with E-state index in [1.54, 1.807) is 0 Å². The molecule has 0 saturated heterocycles. The Morgan fingerprint density at radius 1 is 1.00 bits per heavy atom. The Labute approximate surface area is 168 Å². The second kappa shape index (κ2) is 20.4. The van der Waals surface area contributed by atoms with Crippen LogP contribution in [-0.4, -0.2) is 30.8 Å². The molecule has 0 spiro atoms. The van der Waals surface area contributed by atoms with E-state index in [2.05, 4.69) is 49.1 Å². The Kier molecular flexibility index (Phi) is 20.6. The molecular weight excluding hydrogens is 330 g/mol. The minimum Gasteiger partial charge on any atom is -0.304 e. The van der Waals surface area contributed by atoms with Crippen molar-refractivity contribution in [3.63, 3.8) is 0 Å². The maximum Gasteiger partial charge on any atom is 0.124 e. The van der Waals surface area contributed by atoms with Crippen molar-refractivity contribution < 1.29 is 4.79 Å². The SMILES string of the molecule is CC.CC.C\C=C/C(=C\C=C\c1ccc(CCN(CC)CC)cc1)CC=O. The second-order valence-electron chi connectivity index (χ2n) is 5.49. The number of allylic oxidation sites excluding steroid dienone is 5. The molecule has 0 bridgehead atoms. The number of carbonyl (C=O) groups excluding carboxylic acids is 1. The molecule has 1 aromatic rings. The van der Waals surface area contributed by atoms with E-state index in [9.17, 15) is 4.79 Å². The molecule has 0 heterocycles. The third-order valence-electron chi connectivity index (χ3n) is 3.89. The van der Waals surface area contributed by atoms with E-state index in [0.29, 0.717) is 6.42 Å². The molecule has 2 heteroatoms. The van der Waals surface area contributed by atoms with E-state index < -0.39 is 0 Å². The van der Waals surface area contributed by atoms with E-state index >= 15 is 0 Å². The number of carbonyl (C=O) groups is 1. The van der Waals surface area contributed by atoms with Gasteiger partial charge in [0.05, 0.1) is 0 Å². The average Bonchev–Trinajstić information content (AvgIpc) is 2.73. The molecule has 0 aliphatic heterocycles. The summed E-state index contributed by atoms with van der Waals surface area (Å²) in [4.78, 5) is 13.1. The van der Waals surface area contributed by atoms with Crippen LogP contribution in [0.4, 0.5) is 0 Å². The third-order valence-corrected chi connectivity index (χ3v) is 3.89. The lowest BCUT2D eigenvalue weighted by Crippen LogP contribution is -2.25. The second-order valence-corrected chi connectivity index (χ2v) is 5.49. The fraction of sp³-hybridized carbons (Fsp3) is 0.480. The number of hydrogen-bond acceptors (Lipinski definition) is 2. The Balaban J connectivity index is 0. The van der Waals surface area contributed by atoms with Crippen LogP contribution in [0.15, 0.2) is 54.1 Å². The van der Waals surface area contributed by atoms with Gasteiger partial charge in [-0.25, -0.2) is 0 Å². The molecule has 0 unspecified atom stereocenters. The third kappa shape index (κ3) is 13.9. The van der Waals surface area contributed by atoms with Gasteiger partial charge in [-0.15, -0.1) is 0 Å². The Bertz CT molecular complexity index is 534. The average molecular weight is 372 g/mol. The van der Waals surface area contributed by atoms with Gasteiger partial charge in [-0.2, -0.15) is 0 Å². The van der Waals surface area contributed by atoms with E-state index in [-0.39, 0.29) is 0 Å². The number of hydrogen-bond donors (Lipinski definition) is 0. The zero-order valence-electron chi connectivity index (χ0n) is 18.7. The number of rotatable bonds is 10.